The van der Waals surface area contributed by atoms with Crippen molar-refractivity contribution in [3.63, 3.8) is 0 Å². The third kappa shape index (κ3) is 3.91. The molecule has 0 aliphatic carbocycles. The predicted octanol–water partition coefficient (Wildman–Crippen LogP) is 4.11. The summed E-state index contributed by atoms with van der Waals surface area (Å²) in [7, 11) is 0. The summed E-state index contributed by atoms with van der Waals surface area (Å²) < 4.78 is 7.21. The molecule has 0 spiro atoms. The van der Waals surface area contributed by atoms with Crippen LogP contribution in [-0.2, 0) is 9.53 Å². The Kier molecular flexibility index (Phi) is 6.02. The van der Waals surface area contributed by atoms with Crippen molar-refractivity contribution in [2.24, 2.45) is 0 Å². The number of carbonyl (C=O) groups is 1. The number of hydrogen-bond acceptors (Lipinski definition) is 6. The fourth-order valence-electron chi connectivity index (χ4n) is 3.99. The third-order valence-corrected chi connectivity index (χ3v) is 5.49. The summed E-state index contributed by atoms with van der Waals surface area (Å²) in [4.78, 5) is 19.8. The number of benzene rings is 2. The van der Waals surface area contributed by atoms with Gasteiger partial charge in [-0.3, -0.25) is 0 Å². The van der Waals surface area contributed by atoms with Crippen LogP contribution in [0.4, 0.5) is 11.6 Å². The van der Waals surface area contributed by atoms with E-state index < -0.39 is 6.04 Å². The number of nitrogens with one attached hydrogen (secondary N) is 1. The van der Waals surface area contributed by atoms with Crippen molar-refractivity contribution in [3.05, 3.63) is 77.6 Å². The van der Waals surface area contributed by atoms with Crippen LogP contribution in [0.25, 0.3) is 5.70 Å². The van der Waals surface area contributed by atoms with E-state index in [4.69, 9.17) is 4.74 Å². The molecule has 1 aliphatic heterocycles. The van der Waals surface area contributed by atoms with Gasteiger partial charge in [-0.1, -0.05) is 42.5 Å². The van der Waals surface area contributed by atoms with E-state index >= 15 is 0 Å². The summed E-state index contributed by atoms with van der Waals surface area (Å²) in [6.07, 6.45) is 1.50. The second kappa shape index (κ2) is 9.04. The lowest BCUT2D eigenvalue weighted by Gasteiger charge is -2.30. The van der Waals surface area contributed by atoms with Crippen LogP contribution in [0, 0.1) is 0 Å². The number of esters is 1. The maximum atomic E-state index is 13.2. The van der Waals surface area contributed by atoms with E-state index in [-0.39, 0.29) is 5.97 Å². The second-order valence-corrected chi connectivity index (χ2v) is 7.19. The highest BCUT2D eigenvalue weighted by molar-refractivity contribution is 6.02. The minimum absolute atomic E-state index is 0.294. The lowest BCUT2D eigenvalue weighted by molar-refractivity contribution is -0.138. The molecule has 0 bridgehead atoms. The largest absolute Gasteiger partial charge is 0.463 e. The van der Waals surface area contributed by atoms with Gasteiger partial charge in [-0.05, 0) is 44.0 Å². The number of anilines is 2. The lowest BCUT2D eigenvalue weighted by atomic mass is 9.92. The van der Waals surface area contributed by atoms with Gasteiger partial charge >= 0.3 is 5.97 Å². The number of carbonyl (C=O) groups excluding carboxylic acids is 1. The van der Waals surface area contributed by atoms with Gasteiger partial charge in [-0.25, -0.2) is 9.48 Å². The zero-order valence-corrected chi connectivity index (χ0v) is 18.1. The summed E-state index contributed by atoms with van der Waals surface area (Å²) >= 11 is 0. The minimum atomic E-state index is -0.446. The summed E-state index contributed by atoms with van der Waals surface area (Å²) in [6, 6.07) is 17.6. The molecular formula is C24H27N5O2. The number of rotatable bonds is 7. The average molecular weight is 418 g/mol. The third-order valence-electron chi connectivity index (χ3n) is 5.49. The van der Waals surface area contributed by atoms with Gasteiger partial charge in [-0.2, -0.15) is 10.1 Å². The predicted molar refractivity (Wildman–Crippen MR) is 122 cm³/mol. The van der Waals surface area contributed by atoms with E-state index in [1.165, 1.54) is 6.33 Å². The van der Waals surface area contributed by atoms with Gasteiger partial charge in [0, 0.05) is 18.8 Å². The highest BCUT2D eigenvalue weighted by Gasteiger charge is 2.36. The fourth-order valence-corrected chi connectivity index (χ4v) is 3.99. The van der Waals surface area contributed by atoms with E-state index in [0.717, 1.165) is 29.9 Å². The zero-order chi connectivity index (χ0) is 21.8. The first-order valence-electron chi connectivity index (χ1n) is 10.7. The van der Waals surface area contributed by atoms with Crippen molar-refractivity contribution in [1.29, 1.82) is 0 Å². The quantitative estimate of drug-likeness (QED) is 0.583. The molecular weight excluding hydrogens is 390 g/mol. The zero-order valence-electron chi connectivity index (χ0n) is 18.1. The summed E-state index contributed by atoms with van der Waals surface area (Å²) in [6.45, 7) is 8.25. The molecule has 7 heteroatoms. The highest BCUT2D eigenvalue weighted by Crippen LogP contribution is 2.39. The van der Waals surface area contributed by atoms with E-state index in [0.29, 0.717) is 23.8 Å². The molecule has 1 N–H and O–H groups in total. The van der Waals surface area contributed by atoms with Crippen LogP contribution in [0.1, 0.15) is 37.9 Å². The lowest BCUT2D eigenvalue weighted by Crippen LogP contribution is -2.30. The van der Waals surface area contributed by atoms with Crippen molar-refractivity contribution in [2.45, 2.75) is 26.8 Å². The van der Waals surface area contributed by atoms with Gasteiger partial charge in [0.15, 0.2) is 0 Å². The molecule has 0 saturated carbocycles. The van der Waals surface area contributed by atoms with Crippen molar-refractivity contribution < 1.29 is 9.53 Å². The molecule has 2 heterocycles. The Morgan fingerprint density at radius 1 is 1.06 bits per heavy atom. The normalized spacial score (nSPS) is 15.3. The molecule has 160 valence electrons. The Labute approximate surface area is 182 Å². The van der Waals surface area contributed by atoms with Crippen molar-refractivity contribution in [2.75, 3.05) is 29.9 Å². The number of nitrogens with zero attached hydrogens (tertiary/aromatic N) is 4. The maximum absolute atomic E-state index is 13.2. The van der Waals surface area contributed by atoms with Gasteiger partial charge in [0.2, 0.25) is 5.95 Å². The Bertz CT molecular complexity index is 1070. The highest BCUT2D eigenvalue weighted by atomic mass is 16.5. The van der Waals surface area contributed by atoms with Crippen LogP contribution in [0.3, 0.4) is 0 Å². The van der Waals surface area contributed by atoms with Crippen LogP contribution in [0.15, 0.2) is 66.5 Å². The Balaban J connectivity index is 1.87. The molecule has 1 aliphatic rings. The number of aromatic nitrogens is 3. The van der Waals surface area contributed by atoms with Crippen LogP contribution in [-0.4, -0.2) is 40.4 Å². The van der Waals surface area contributed by atoms with Crippen molar-refractivity contribution in [3.8, 4) is 0 Å². The molecule has 7 nitrogen and oxygen atoms in total. The Hall–Kier alpha value is -3.61. The molecule has 0 radical (unpaired) electrons. The van der Waals surface area contributed by atoms with Gasteiger partial charge in [0.05, 0.1) is 17.9 Å². The van der Waals surface area contributed by atoms with Crippen molar-refractivity contribution in [1.82, 2.24) is 14.8 Å². The average Bonchev–Trinajstić information content (AvgIpc) is 3.28. The first kappa shape index (κ1) is 20.7. The van der Waals surface area contributed by atoms with E-state index in [9.17, 15) is 4.79 Å². The number of fused-ring (bicyclic) bond motifs is 1. The summed E-state index contributed by atoms with van der Waals surface area (Å²) in [5.74, 6) is 0.220. The first-order chi connectivity index (χ1) is 15.2. The first-order valence-corrected chi connectivity index (χ1v) is 10.7. The van der Waals surface area contributed by atoms with E-state index in [1.807, 2.05) is 37.3 Å². The monoisotopic (exact) mass is 417 g/mol. The topological polar surface area (TPSA) is 72.3 Å². The fraction of sp³-hybridized carbons (Fsp3) is 0.292. The number of hydrogen-bond donors (Lipinski definition) is 1. The molecule has 0 saturated heterocycles. The standard InChI is InChI=1S/C24H27N5O2/c1-4-28(5-2)19-14-12-18(13-15-19)22-20(23(30)31-6-3)21(17-10-8-7-9-11-17)27-24-25-16-26-29(22)24/h7-16,22H,4-6H2,1-3H3,(H,25,26,27). The molecule has 4 rings (SSSR count). The Morgan fingerprint density at radius 3 is 2.42 bits per heavy atom. The Morgan fingerprint density at radius 2 is 1.77 bits per heavy atom. The van der Waals surface area contributed by atoms with E-state index in [2.05, 4.69) is 58.4 Å². The SMILES string of the molecule is CCOC(=O)C1=C(c2ccccc2)Nc2ncnn2C1c1ccc(N(CC)CC)cc1. The molecule has 2 aromatic carbocycles. The maximum Gasteiger partial charge on any atom is 0.338 e. The summed E-state index contributed by atoms with van der Waals surface area (Å²) in [5.41, 5.74) is 4.19. The molecule has 31 heavy (non-hydrogen) atoms. The molecule has 0 fully saturated rings. The smallest absolute Gasteiger partial charge is 0.338 e. The van der Waals surface area contributed by atoms with Crippen LogP contribution in [0.2, 0.25) is 0 Å². The van der Waals surface area contributed by atoms with Gasteiger partial charge in [-0.15, -0.1) is 0 Å². The second-order valence-electron chi connectivity index (χ2n) is 7.19. The summed E-state index contributed by atoms with van der Waals surface area (Å²) in [5, 5.41) is 7.71. The van der Waals surface area contributed by atoms with Crippen LogP contribution >= 0.6 is 0 Å². The van der Waals surface area contributed by atoms with Crippen LogP contribution < -0.4 is 10.2 Å². The van der Waals surface area contributed by atoms with E-state index in [1.54, 1.807) is 4.68 Å². The molecule has 1 atom stereocenters. The van der Waals surface area contributed by atoms with Gasteiger partial charge < -0.3 is 15.0 Å². The molecule has 0 amide bonds. The van der Waals surface area contributed by atoms with Gasteiger partial charge in [0.25, 0.3) is 0 Å². The molecule has 1 aromatic heterocycles. The number of ether oxygens (including phenoxy) is 1. The minimum Gasteiger partial charge on any atom is -0.463 e. The molecule has 3 aromatic rings. The molecule has 1 unspecified atom stereocenters. The van der Waals surface area contributed by atoms with Crippen molar-refractivity contribution >= 4 is 23.3 Å². The van der Waals surface area contributed by atoms with Gasteiger partial charge in [0.1, 0.15) is 12.4 Å². The van der Waals surface area contributed by atoms with Crippen LogP contribution in [0.5, 0.6) is 0 Å².